The average molecular weight is 303 g/mol. The second kappa shape index (κ2) is 7.59. The number of sulfone groups is 1. The first-order valence-corrected chi connectivity index (χ1v) is 8.68. The third-order valence-electron chi connectivity index (χ3n) is 3.00. The molecular formula is C14H22FNO3S. The van der Waals surface area contributed by atoms with Gasteiger partial charge in [0.2, 0.25) is 0 Å². The fourth-order valence-electron chi connectivity index (χ4n) is 1.93. The molecule has 0 fully saturated rings. The van der Waals surface area contributed by atoms with E-state index in [4.69, 9.17) is 4.74 Å². The van der Waals surface area contributed by atoms with E-state index in [9.17, 15) is 12.8 Å². The van der Waals surface area contributed by atoms with E-state index in [1.807, 2.05) is 6.92 Å². The van der Waals surface area contributed by atoms with Gasteiger partial charge < -0.3 is 10.1 Å². The van der Waals surface area contributed by atoms with Crippen LogP contribution in [0.25, 0.3) is 0 Å². The Kier molecular flexibility index (Phi) is 6.42. The molecule has 0 bridgehead atoms. The third-order valence-corrected chi connectivity index (χ3v) is 3.97. The monoisotopic (exact) mass is 303 g/mol. The van der Waals surface area contributed by atoms with E-state index in [-0.39, 0.29) is 17.5 Å². The Morgan fingerprint density at radius 1 is 1.40 bits per heavy atom. The number of hydrogen-bond donors (Lipinski definition) is 1. The van der Waals surface area contributed by atoms with Crippen molar-refractivity contribution in [3.05, 3.63) is 29.6 Å². The van der Waals surface area contributed by atoms with E-state index in [0.717, 1.165) is 18.5 Å². The van der Waals surface area contributed by atoms with Crippen LogP contribution in [0.3, 0.4) is 0 Å². The minimum Gasteiger partial charge on any atom is -0.494 e. The van der Waals surface area contributed by atoms with Gasteiger partial charge in [0.05, 0.1) is 12.9 Å². The summed E-state index contributed by atoms with van der Waals surface area (Å²) in [5, 5.41) is 3.29. The molecule has 0 saturated heterocycles. The van der Waals surface area contributed by atoms with E-state index < -0.39 is 15.7 Å². The Labute approximate surface area is 120 Å². The average Bonchev–Trinajstić information content (AvgIpc) is 2.39. The van der Waals surface area contributed by atoms with Crippen LogP contribution in [-0.2, 0) is 9.84 Å². The Bertz CT molecular complexity index is 531. The van der Waals surface area contributed by atoms with Crippen LogP contribution in [0.2, 0.25) is 0 Å². The molecule has 114 valence electrons. The van der Waals surface area contributed by atoms with Crippen LogP contribution >= 0.6 is 0 Å². The molecule has 1 unspecified atom stereocenters. The van der Waals surface area contributed by atoms with Gasteiger partial charge in [0, 0.05) is 12.3 Å². The number of nitrogens with one attached hydrogen (secondary N) is 1. The molecule has 20 heavy (non-hydrogen) atoms. The topological polar surface area (TPSA) is 55.4 Å². The molecular weight excluding hydrogens is 281 g/mol. The van der Waals surface area contributed by atoms with E-state index >= 15 is 0 Å². The number of benzene rings is 1. The third kappa shape index (κ3) is 5.46. The second-order valence-corrected chi connectivity index (χ2v) is 7.08. The Hall–Kier alpha value is -1.14. The molecule has 0 aromatic heterocycles. The predicted molar refractivity (Wildman–Crippen MR) is 78.3 cm³/mol. The molecule has 0 saturated carbocycles. The van der Waals surface area contributed by atoms with Crippen LogP contribution in [0.5, 0.6) is 5.75 Å². The lowest BCUT2D eigenvalue weighted by Crippen LogP contribution is -2.24. The summed E-state index contributed by atoms with van der Waals surface area (Å²) in [6.45, 7) is 2.81. The maximum absolute atomic E-state index is 13.4. The lowest BCUT2D eigenvalue weighted by molar-refractivity contribution is 0.384. The van der Waals surface area contributed by atoms with Crippen molar-refractivity contribution in [2.45, 2.75) is 25.8 Å². The standard InChI is InChI=1S/C14H22FNO3S/c1-4-8-16-13(7-9-20(3,17)18)11-5-6-12(15)14(10-11)19-2/h5-6,10,13,16H,4,7-9H2,1-3H3. The first kappa shape index (κ1) is 16.9. The quantitative estimate of drug-likeness (QED) is 0.800. The smallest absolute Gasteiger partial charge is 0.165 e. The summed E-state index contributed by atoms with van der Waals surface area (Å²) in [5.41, 5.74) is 0.834. The first-order chi connectivity index (χ1) is 9.37. The summed E-state index contributed by atoms with van der Waals surface area (Å²) in [7, 11) is -1.61. The zero-order valence-electron chi connectivity index (χ0n) is 12.1. The summed E-state index contributed by atoms with van der Waals surface area (Å²) in [5.74, 6) is -0.160. The molecule has 6 heteroatoms. The van der Waals surface area contributed by atoms with Gasteiger partial charge in [0.25, 0.3) is 0 Å². The highest BCUT2D eigenvalue weighted by Crippen LogP contribution is 2.24. The summed E-state index contributed by atoms with van der Waals surface area (Å²) in [6, 6.07) is 4.49. The summed E-state index contributed by atoms with van der Waals surface area (Å²) in [4.78, 5) is 0. The van der Waals surface area contributed by atoms with E-state index in [0.29, 0.717) is 6.42 Å². The number of ether oxygens (including phenoxy) is 1. The van der Waals surface area contributed by atoms with Crippen molar-refractivity contribution in [2.24, 2.45) is 0 Å². The normalized spacial score (nSPS) is 13.2. The van der Waals surface area contributed by atoms with Gasteiger partial charge in [0.1, 0.15) is 9.84 Å². The minimum atomic E-state index is -3.02. The van der Waals surface area contributed by atoms with Gasteiger partial charge in [0.15, 0.2) is 11.6 Å². The van der Waals surface area contributed by atoms with Gasteiger partial charge in [-0.2, -0.15) is 0 Å². The van der Waals surface area contributed by atoms with Gasteiger partial charge in [-0.25, -0.2) is 12.8 Å². The second-order valence-electron chi connectivity index (χ2n) is 4.82. The van der Waals surface area contributed by atoms with Crippen LogP contribution in [0, 0.1) is 5.82 Å². The van der Waals surface area contributed by atoms with Crippen LogP contribution < -0.4 is 10.1 Å². The molecule has 1 atom stereocenters. The van der Waals surface area contributed by atoms with Gasteiger partial charge >= 0.3 is 0 Å². The number of hydrogen-bond acceptors (Lipinski definition) is 4. The summed E-state index contributed by atoms with van der Waals surface area (Å²) in [6.07, 6.45) is 2.61. The first-order valence-electron chi connectivity index (χ1n) is 6.62. The predicted octanol–water partition coefficient (Wildman–Crippen LogP) is 2.31. The molecule has 0 spiro atoms. The van der Waals surface area contributed by atoms with Crippen molar-refractivity contribution in [2.75, 3.05) is 25.7 Å². The fourth-order valence-corrected chi connectivity index (χ4v) is 2.59. The Balaban J connectivity index is 2.91. The van der Waals surface area contributed by atoms with Crippen LogP contribution in [0.4, 0.5) is 4.39 Å². The lowest BCUT2D eigenvalue weighted by atomic mass is 10.0. The molecule has 0 amide bonds. The molecule has 0 aliphatic carbocycles. The largest absolute Gasteiger partial charge is 0.494 e. The highest BCUT2D eigenvalue weighted by atomic mass is 32.2. The summed E-state index contributed by atoms with van der Waals surface area (Å²) >= 11 is 0. The van der Waals surface area contributed by atoms with Gasteiger partial charge in [-0.15, -0.1) is 0 Å². The molecule has 0 aliphatic heterocycles. The van der Waals surface area contributed by atoms with E-state index in [2.05, 4.69) is 5.32 Å². The highest BCUT2D eigenvalue weighted by molar-refractivity contribution is 7.90. The maximum Gasteiger partial charge on any atom is 0.165 e. The fraction of sp³-hybridized carbons (Fsp3) is 0.571. The zero-order chi connectivity index (χ0) is 15.2. The Morgan fingerprint density at radius 3 is 2.65 bits per heavy atom. The number of methoxy groups -OCH3 is 1. The molecule has 0 heterocycles. The van der Waals surface area contributed by atoms with Crippen LogP contribution in [0.1, 0.15) is 31.4 Å². The van der Waals surface area contributed by atoms with Crippen molar-refractivity contribution >= 4 is 9.84 Å². The number of halogens is 1. The zero-order valence-corrected chi connectivity index (χ0v) is 13.0. The van der Waals surface area contributed by atoms with Crippen LogP contribution in [-0.4, -0.2) is 34.1 Å². The lowest BCUT2D eigenvalue weighted by Gasteiger charge is -2.19. The molecule has 0 radical (unpaired) electrons. The van der Waals surface area contributed by atoms with Crippen molar-refractivity contribution in [1.29, 1.82) is 0 Å². The van der Waals surface area contributed by atoms with Gasteiger partial charge in [-0.1, -0.05) is 13.0 Å². The molecule has 4 nitrogen and oxygen atoms in total. The van der Waals surface area contributed by atoms with Crippen molar-refractivity contribution < 1.29 is 17.5 Å². The van der Waals surface area contributed by atoms with Crippen molar-refractivity contribution in [3.63, 3.8) is 0 Å². The van der Waals surface area contributed by atoms with Crippen LogP contribution in [0.15, 0.2) is 18.2 Å². The SMILES string of the molecule is CCCNC(CCS(C)(=O)=O)c1ccc(F)c(OC)c1. The van der Waals surface area contributed by atoms with E-state index in [1.165, 1.54) is 19.4 Å². The van der Waals surface area contributed by atoms with Crippen molar-refractivity contribution in [1.82, 2.24) is 5.32 Å². The molecule has 1 rings (SSSR count). The maximum atomic E-state index is 13.4. The molecule has 1 aromatic rings. The Morgan fingerprint density at radius 2 is 2.10 bits per heavy atom. The molecule has 1 aromatic carbocycles. The van der Waals surface area contributed by atoms with Gasteiger partial charge in [-0.05, 0) is 37.1 Å². The molecule has 1 N–H and O–H groups in total. The minimum absolute atomic E-state index is 0.0913. The highest BCUT2D eigenvalue weighted by Gasteiger charge is 2.15. The number of rotatable bonds is 8. The van der Waals surface area contributed by atoms with Crippen molar-refractivity contribution in [3.8, 4) is 5.75 Å². The van der Waals surface area contributed by atoms with Gasteiger partial charge in [-0.3, -0.25) is 0 Å². The molecule has 0 aliphatic rings. The van der Waals surface area contributed by atoms with E-state index in [1.54, 1.807) is 12.1 Å². The summed E-state index contributed by atoms with van der Waals surface area (Å²) < 4.78 is 41.0.